The second-order valence-electron chi connectivity index (χ2n) is 4.86. The number of aryl methyl sites for hydroxylation is 1. The van der Waals surface area contributed by atoms with Crippen molar-refractivity contribution in [1.82, 2.24) is 14.7 Å². The van der Waals surface area contributed by atoms with Crippen LogP contribution in [0.4, 0.5) is 0 Å². The molecule has 0 aliphatic carbocycles. The van der Waals surface area contributed by atoms with Gasteiger partial charge in [0.05, 0.1) is 6.20 Å². The third-order valence-electron chi connectivity index (χ3n) is 3.38. The smallest absolute Gasteiger partial charge is 0.326 e. The highest BCUT2D eigenvalue weighted by atomic mass is 16.4. The molecule has 2 atom stereocenters. The van der Waals surface area contributed by atoms with Crippen LogP contribution in [0.25, 0.3) is 6.08 Å². The van der Waals surface area contributed by atoms with Crippen LogP contribution in [-0.4, -0.2) is 44.3 Å². The number of likely N-dealkylation sites (tertiary alicyclic amines) is 1. The summed E-state index contributed by atoms with van der Waals surface area (Å²) in [5, 5.41) is 13.2. The summed E-state index contributed by atoms with van der Waals surface area (Å²) in [7, 11) is 1.79. The van der Waals surface area contributed by atoms with Crippen molar-refractivity contribution in [3.05, 3.63) is 24.0 Å². The van der Waals surface area contributed by atoms with E-state index in [1.807, 2.05) is 6.92 Å². The van der Waals surface area contributed by atoms with Crippen molar-refractivity contribution in [1.29, 1.82) is 0 Å². The Hall–Kier alpha value is -2.11. The number of carboxylic acid groups (broad SMARTS) is 1. The molecular formula is C13H17N3O3. The second-order valence-corrected chi connectivity index (χ2v) is 4.86. The Kier molecular flexibility index (Phi) is 3.69. The summed E-state index contributed by atoms with van der Waals surface area (Å²) >= 11 is 0. The normalized spacial score (nSPS) is 23.2. The average molecular weight is 263 g/mol. The topological polar surface area (TPSA) is 75.4 Å². The summed E-state index contributed by atoms with van der Waals surface area (Å²) in [6, 6.07) is -0.717. The van der Waals surface area contributed by atoms with Crippen molar-refractivity contribution in [2.24, 2.45) is 13.0 Å². The van der Waals surface area contributed by atoms with Gasteiger partial charge in [-0.1, -0.05) is 6.92 Å². The van der Waals surface area contributed by atoms with Gasteiger partial charge in [0, 0.05) is 31.4 Å². The quantitative estimate of drug-likeness (QED) is 0.817. The lowest BCUT2D eigenvalue weighted by Gasteiger charge is -2.21. The fraction of sp³-hybridized carbons (Fsp3) is 0.462. The first-order valence-electron chi connectivity index (χ1n) is 6.19. The van der Waals surface area contributed by atoms with Crippen LogP contribution in [0.5, 0.6) is 0 Å². The first kappa shape index (κ1) is 13.3. The molecule has 1 fully saturated rings. The summed E-state index contributed by atoms with van der Waals surface area (Å²) in [6.07, 6.45) is 7.21. The van der Waals surface area contributed by atoms with Crippen molar-refractivity contribution in [2.75, 3.05) is 6.54 Å². The zero-order valence-electron chi connectivity index (χ0n) is 11.0. The van der Waals surface area contributed by atoms with E-state index in [-0.39, 0.29) is 11.8 Å². The molecule has 0 saturated carbocycles. The number of nitrogens with zero attached hydrogens (tertiary/aromatic N) is 3. The van der Waals surface area contributed by atoms with Crippen molar-refractivity contribution >= 4 is 18.0 Å². The molecule has 2 heterocycles. The zero-order chi connectivity index (χ0) is 14.0. The van der Waals surface area contributed by atoms with Crippen molar-refractivity contribution < 1.29 is 14.7 Å². The number of carbonyl (C=O) groups excluding carboxylic acids is 1. The maximum absolute atomic E-state index is 12.0. The van der Waals surface area contributed by atoms with E-state index < -0.39 is 12.0 Å². The number of hydrogen-bond acceptors (Lipinski definition) is 3. The molecule has 2 unspecified atom stereocenters. The molecule has 1 amide bonds. The van der Waals surface area contributed by atoms with Crippen LogP contribution in [0.3, 0.4) is 0 Å². The molecule has 6 nitrogen and oxygen atoms in total. The molecule has 19 heavy (non-hydrogen) atoms. The van der Waals surface area contributed by atoms with Gasteiger partial charge in [0.2, 0.25) is 5.91 Å². The van der Waals surface area contributed by atoms with E-state index in [4.69, 9.17) is 5.11 Å². The molecule has 1 N–H and O–H groups in total. The van der Waals surface area contributed by atoms with Gasteiger partial charge < -0.3 is 10.0 Å². The minimum atomic E-state index is -0.937. The van der Waals surface area contributed by atoms with E-state index in [1.54, 1.807) is 30.2 Å². The maximum Gasteiger partial charge on any atom is 0.326 e. The molecule has 102 valence electrons. The van der Waals surface area contributed by atoms with E-state index >= 15 is 0 Å². The van der Waals surface area contributed by atoms with E-state index in [0.717, 1.165) is 12.0 Å². The van der Waals surface area contributed by atoms with Crippen molar-refractivity contribution in [3.8, 4) is 0 Å². The van der Waals surface area contributed by atoms with Crippen LogP contribution < -0.4 is 0 Å². The second kappa shape index (κ2) is 5.26. The molecule has 0 spiro atoms. The third kappa shape index (κ3) is 2.83. The Morgan fingerprint density at radius 2 is 2.26 bits per heavy atom. The molecule has 0 bridgehead atoms. The van der Waals surface area contributed by atoms with E-state index in [0.29, 0.717) is 6.54 Å². The summed E-state index contributed by atoms with van der Waals surface area (Å²) in [5.41, 5.74) is 0.815. The van der Waals surface area contributed by atoms with E-state index in [9.17, 15) is 9.59 Å². The Bertz CT molecular complexity index is 521. The van der Waals surface area contributed by atoms with Gasteiger partial charge in [-0.15, -0.1) is 0 Å². The summed E-state index contributed by atoms with van der Waals surface area (Å²) in [4.78, 5) is 24.6. The lowest BCUT2D eigenvalue weighted by molar-refractivity contribution is -0.147. The number of hydrogen-bond donors (Lipinski definition) is 1. The van der Waals surface area contributed by atoms with Gasteiger partial charge in [0.1, 0.15) is 6.04 Å². The Morgan fingerprint density at radius 1 is 1.53 bits per heavy atom. The van der Waals surface area contributed by atoms with E-state index in [2.05, 4.69) is 5.10 Å². The molecule has 1 aromatic heterocycles. The third-order valence-corrected chi connectivity index (χ3v) is 3.38. The molecule has 0 radical (unpaired) electrons. The number of aromatic nitrogens is 2. The Balaban J connectivity index is 2.07. The number of carboxylic acids is 1. The lowest BCUT2D eigenvalue weighted by Crippen LogP contribution is -2.42. The molecule has 1 aliphatic rings. The predicted molar refractivity (Wildman–Crippen MR) is 69.2 cm³/mol. The molecule has 1 aliphatic heterocycles. The van der Waals surface area contributed by atoms with Gasteiger partial charge in [-0.3, -0.25) is 9.48 Å². The summed E-state index contributed by atoms with van der Waals surface area (Å²) in [6.45, 7) is 2.35. The highest BCUT2D eigenvalue weighted by Gasteiger charge is 2.38. The number of rotatable bonds is 3. The molecular weight excluding hydrogens is 246 g/mol. The molecule has 6 heteroatoms. The highest BCUT2D eigenvalue weighted by molar-refractivity contribution is 5.94. The van der Waals surface area contributed by atoms with Crippen LogP contribution >= 0.6 is 0 Å². The number of aliphatic carboxylic acids is 1. The van der Waals surface area contributed by atoms with Crippen molar-refractivity contribution in [2.45, 2.75) is 19.4 Å². The largest absolute Gasteiger partial charge is 0.480 e. The standard InChI is InChI=1S/C13H17N3O3/c1-9-5-6-16(12(9)13(18)19)11(17)4-3-10-7-14-15(2)8-10/h3-4,7-9,12H,5-6H2,1-2H3,(H,18,19)/b4-3+. The molecule has 1 saturated heterocycles. The minimum absolute atomic E-state index is 0.00626. The monoisotopic (exact) mass is 263 g/mol. The van der Waals surface area contributed by atoms with Gasteiger partial charge in [-0.2, -0.15) is 5.10 Å². The van der Waals surface area contributed by atoms with Crippen LogP contribution in [0.1, 0.15) is 18.9 Å². The minimum Gasteiger partial charge on any atom is -0.480 e. The first-order valence-corrected chi connectivity index (χ1v) is 6.19. The highest BCUT2D eigenvalue weighted by Crippen LogP contribution is 2.24. The fourth-order valence-corrected chi connectivity index (χ4v) is 2.36. The van der Waals surface area contributed by atoms with Crippen LogP contribution in [0.15, 0.2) is 18.5 Å². The molecule has 0 aromatic carbocycles. The van der Waals surface area contributed by atoms with Crippen LogP contribution in [-0.2, 0) is 16.6 Å². The SMILES string of the molecule is CC1CCN(C(=O)/C=C/c2cnn(C)c2)C1C(=O)O. The van der Waals surface area contributed by atoms with Gasteiger partial charge >= 0.3 is 5.97 Å². The van der Waals surface area contributed by atoms with Gasteiger partial charge in [0.25, 0.3) is 0 Å². The number of carbonyl (C=O) groups is 2. The predicted octanol–water partition coefficient (Wildman–Crippen LogP) is 0.755. The zero-order valence-corrected chi connectivity index (χ0v) is 11.0. The Morgan fingerprint density at radius 3 is 2.84 bits per heavy atom. The maximum atomic E-state index is 12.0. The molecule has 1 aromatic rings. The fourth-order valence-electron chi connectivity index (χ4n) is 2.36. The lowest BCUT2D eigenvalue weighted by atomic mass is 10.0. The Labute approximate surface area is 111 Å². The average Bonchev–Trinajstić information content (AvgIpc) is 2.92. The summed E-state index contributed by atoms with van der Waals surface area (Å²) < 4.78 is 1.64. The molecule has 2 rings (SSSR count). The summed E-state index contributed by atoms with van der Waals surface area (Å²) in [5.74, 6) is -1.21. The van der Waals surface area contributed by atoms with Crippen LogP contribution in [0, 0.1) is 5.92 Å². The number of amides is 1. The van der Waals surface area contributed by atoms with Gasteiger partial charge in [-0.05, 0) is 18.4 Å². The van der Waals surface area contributed by atoms with Crippen molar-refractivity contribution in [3.63, 3.8) is 0 Å². The van der Waals surface area contributed by atoms with Gasteiger partial charge in [0.15, 0.2) is 0 Å². The van der Waals surface area contributed by atoms with Gasteiger partial charge in [-0.25, -0.2) is 4.79 Å². The first-order chi connectivity index (χ1) is 8.99. The van der Waals surface area contributed by atoms with Crippen LogP contribution in [0.2, 0.25) is 0 Å². The van der Waals surface area contributed by atoms with E-state index in [1.165, 1.54) is 11.0 Å².